The maximum absolute atomic E-state index is 11.7. The van der Waals surface area contributed by atoms with Crippen molar-refractivity contribution in [3.63, 3.8) is 0 Å². The molecule has 0 aliphatic rings. The molecule has 3 aromatic rings. The fourth-order valence-corrected chi connectivity index (χ4v) is 3.10. The quantitative estimate of drug-likeness (QED) is 0.385. The number of carbonyl (C=O) groups excluding carboxylic acids is 1. The van der Waals surface area contributed by atoms with Gasteiger partial charge < -0.3 is 10.6 Å². The number of nitrogens with one attached hydrogen (secondary N) is 2. The highest BCUT2D eigenvalue weighted by Gasteiger charge is 2.11. The van der Waals surface area contributed by atoms with E-state index in [0.717, 1.165) is 16.6 Å². The van der Waals surface area contributed by atoms with E-state index in [1.165, 1.54) is 11.8 Å². The number of rotatable bonds is 6. The molecule has 0 fully saturated rings. The Labute approximate surface area is 160 Å². The third kappa shape index (κ3) is 4.45. The Hall–Kier alpha value is -2.75. The summed E-state index contributed by atoms with van der Waals surface area (Å²) >= 11 is 7.48. The van der Waals surface area contributed by atoms with Gasteiger partial charge in [0.2, 0.25) is 5.91 Å². The van der Waals surface area contributed by atoms with Gasteiger partial charge >= 0.3 is 0 Å². The number of terminal acetylenes is 1. The van der Waals surface area contributed by atoms with Crippen molar-refractivity contribution in [2.24, 2.45) is 0 Å². The van der Waals surface area contributed by atoms with E-state index in [4.69, 9.17) is 18.0 Å². The largest absolute Gasteiger partial charge is 0.344 e. The number of anilines is 2. The molecule has 0 unspecified atom stereocenters. The number of amides is 1. The Morgan fingerprint density at radius 2 is 1.92 bits per heavy atom. The first-order valence-corrected chi connectivity index (χ1v) is 9.15. The molecule has 1 heterocycles. The van der Waals surface area contributed by atoms with Crippen molar-refractivity contribution in [2.45, 2.75) is 5.16 Å². The summed E-state index contributed by atoms with van der Waals surface area (Å²) in [5, 5.41) is 7.83. The van der Waals surface area contributed by atoms with Crippen LogP contribution < -0.4 is 10.6 Å². The lowest BCUT2D eigenvalue weighted by Gasteiger charge is -2.11. The summed E-state index contributed by atoms with van der Waals surface area (Å²) in [5.74, 6) is 3.03. The van der Waals surface area contributed by atoms with Crippen LogP contribution in [0.1, 0.15) is 0 Å². The van der Waals surface area contributed by atoms with Crippen LogP contribution in [0.2, 0.25) is 5.02 Å². The predicted molar refractivity (Wildman–Crippen MR) is 107 cm³/mol. The maximum Gasteiger partial charge on any atom is 0.231 e. The van der Waals surface area contributed by atoms with E-state index in [2.05, 4.69) is 26.5 Å². The molecule has 0 radical (unpaired) electrons. The fraction of sp³-hybridized carbons (Fsp3) is 0.105. The van der Waals surface area contributed by atoms with Gasteiger partial charge in [-0.05, 0) is 24.3 Å². The molecular weight excluding hydrogens is 368 g/mol. The van der Waals surface area contributed by atoms with Crippen LogP contribution in [0.25, 0.3) is 10.9 Å². The van der Waals surface area contributed by atoms with Crippen molar-refractivity contribution in [3.05, 3.63) is 53.6 Å². The topological polar surface area (TPSA) is 66.9 Å². The summed E-state index contributed by atoms with van der Waals surface area (Å²) in [5.41, 5.74) is 1.53. The number of benzene rings is 2. The Morgan fingerprint density at radius 1 is 1.15 bits per heavy atom. The number of para-hydroxylation sites is 2. The van der Waals surface area contributed by atoms with Gasteiger partial charge in [0.1, 0.15) is 5.82 Å². The van der Waals surface area contributed by atoms with Crippen LogP contribution in [0.3, 0.4) is 0 Å². The van der Waals surface area contributed by atoms with E-state index in [0.29, 0.717) is 16.0 Å². The highest BCUT2D eigenvalue weighted by atomic mass is 35.5. The molecule has 0 bridgehead atoms. The first-order valence-electron chi connectivity index (χ1n) is 7.78. The molecular formula is C19H15ClN4OS. The molecule has 2 N–H and O–H groups in total. The lowest BCUT2D eigenvalue weighted by atomic mass is 10.2. The second-order valence-corrected chi connectivity index (χ2v) is 6.60. The highest BCUT2D eigenvalue weighted by molar-refractivity contribution is 7.99. The number of carbonyl (C=O) groups is 1. The average Bonchev–Trinajstić information content (AvgIpc) is 2.66. The van der Waals surface area contributed by atoms with Gasteiger partial charge in [0.05, 0.1) is 28.5 Å². The summed E-state index contributed by atoms with van der Waals surface area (Å²) < 4.78 is 0. The van der Waals surface area contributed by atoms with Crippen molar-refractivity contribution in [1.29, 1.82) is 0 Å². The van der Waals surface area contributed by atoms with Crippen LogP contribution in [-0.2, 0) is 4.79 Å². The third-order valence-electron chi connectivity index (χ3n) is 3.43. The molecule has 1 amide bonds. The Morgan fingerprint density at radius 3 is 2.73 bits per heavy atom. The molecule has 130 valence electrons. The normalized spacial score (nSPS) is 10.3. The molecule has 0 saturated heterocycles. The first-order chi connectivity index (χ1) is 12.7. The number of nitrogens with zero attached hydrogens (tertiary/aromatic N) is 2. The van der Waals surface area contributed by atoms with Crippen LogP contribution in [0.4, 0.5) is 11.5 Å². The summed E-state index contributed by atoms with van der Waals surface area (Å²) in [6.45, 7) is 0.206. The van der Waals surface area contributed by atoms with Crippen molar-refractivity contribution in [3.8, 4) is 12.3 Å². The van der Waals surface area contributed by atoms with E-state index in [1.54, 1.807) is 6.07 Å². The summed E-state index contributed by atoms with van der Waals surface area (Å²) in [4.78, 5) is 20.8. The minimum atomic E-state index is -0.162. The van der Waals surface area contributed by atoms with Gasteiger partial charge in [-0.25, -0.2) is 9.97 Å². The number of thioether (sulfide) groups is 1. The van der Waals surface area contributed by atoms with Gasteiger partial charge in [0, 0.05) is 5.39 Å². The Balaban J connectivity index is 1.88. The molecule has 0 spiro atoms. The molecule has 7 heteroatoms. The lowest BCUT2D eigenvalue weighted by Crippen LogP contribution is -2.25. The molecule has 3 rings (SSSR count). The zero-order valence-corrected chi connectivity index (χ0v) is 15.3. The molecule has 26 heavy (non-hydrogen) atoms. The second-order valence-electron chi connectivity index (χ2n) is 5.25. The number of fused-ring (bicyclic) bond motifs is 1. The minimum Gasteiger partial charge on any atom is -0.344 e. The molecule has 0 saturated carbocycles. The molecule has 0 aliphatic heterocycles. The van der Waals surface area contributed by atoms with Gasteiger partial charge in [-0.2, -0.15) is 0 Å². The number of hydrogen-bond donors (Lipinski definition) is 2. The van der Waals surface area contributed by atoms with E-state index >= 15 is 0 Å². The summed E-state index contributed by atoms with van der Waals surface area (Å²) in [7, 11) is 0. The van der Waals surface area contributed by atoms with E-state index in [1.807, 2.05) is 42.5 Å². The van der Waals surface area contributed by atoms with Gasteiger partial charge in [0.15, 0.2) is 5.16 Å². The van der Waals surface area contributed by atoms with Gasteiger partial charge in [0.25, 0.3) is 0 Å². The lowest BCUT2D eigenvalue weighted by molar-refractivity contribution is -0.118. The highest BCUT2D eigenvalue weighted by Crippen LogP contribution is 2.29. The standard InChI is InChI=1S/C19H15ClN4OS/c1-2-11-21-17(25)12-26-19-23-15-9-5-3-7-13(15)18(24-19)22-16-10-6-4-8-14(16)20/h1,3-10H,11-12H2,(H,21,25)(H,22,23,24). The molecule has 1 aromatic heterocycles. The minimum absolute atomic E-state index is 0.162. The molecule has 0 atom stereocenters. The van der Waals surface area contributed by atoms with Crippen LogP contribution >= 0.6 is 23.4 Å². The predicted octanol–water partition coefficient (Wildman–Crippen LogP) is 3.87. The van der Waals surface area contributed by atoms with Crippen molar-refractivity contribution in [2.75, 3.05) is 17.6 Å². The van der Waals surface area contributed by atoms with Crippen molar-refractivity contribution in [1.82, 2.24) is 15.3 Å². The van der Waals surface area contributed by atoms with E-state index in [9.17, 15) is 4.79 Å². The average molecular weight is 383 g/mol. The van der Waals surface area contributed by atoms with Crippen LogP contribution in [0.15, 0.2) is 53.7 Å². The van der Waals surface area contributed by atoms with Gasteiger partial charge in [-0.3, -0.25) is 4.79 Å². The van der Waals surface area contributed by atoms with Gasteiger partial charge in [-0.15, -0.1) is 6.42 Å². The first kappa shape index (κ1) is 18.1. The smallest absolute Gasteiger partial charge is 0.231 e. The van der Waals surface area contributed by atoms with E-state index < -0.39 is 0 Å². The number of aromatic nitrogens is 2. The molecule has 0 aliphatic carbocycles. The number of halogens is 1. The monoisotopic (exact) mass is 382 g/mol. The molecule has 5 nitrogen and oxygen atoms in total. The fourth-order valence-electron chi connectivity index (χ4n) is 2.24. The Bertz CT molecular complexity index is 987. The zero-order valence-electron chi connectivity index (χ0n) is 13.7. The van der Waals surface area contributed by atoms with Crippen molar-refractivity contribution < 1.29 is 4.79 Å². The second kappa shape index (κ2) is 8.56. The summed E-state index contributed by atoms with van der Waals surface area (Å²) in [6, 6.07) is 15.1. The van der Waals surface area contributed by atoms with Crippen LogP contribution in [0, 0.1) is 12.3 Å². The SMILES string of the molecule is C#CCNC(=O)CSc1nc(Nc2ccccc2Cl)c2ccccc2n1. The summed E-state index contributed by atoms with van der Waals surface area (Å²) in [6.07, 6.45) is 5.14. The van der Waals surface area contributed by atoms with Crippen LogP contribution in [-0.4, -0.2) is 28.2 Å². The number of hydrogen-bond acceptors (Lipinski definition) is 5. The Kier molecular flexibility index (Phi) is 5.95. The maximum atomic E-state index is 11.7. The third-order valence-corrected chi connectivity index (χ3v) is 4.61. The van der Waals surface area contributed by atoms with E-state index in [-0.39, 0.29) is 18.2 Å². The zero-order chi connectivity index (χ0) is 18.4. The van der Waals surface area contributed by atoms with Gasteiger partial charge in [-0.1, -0.05) is 53.5 Å². The molecule has 2 aromatic carbocycles. The van der Waals surface area contributed by atoms with Crippen LogP contribution in [0.5, 0.6) is 0 Å². The van der Waals surface area contributed by atoms with Crippen molar-refractivity contribution >= 4 is 51.7 Å².